The molecule has 0 amide bonds. The molecule has 0 saturated heterocycles. The summed E-state index contributed by atoms with van der Waals surface area (Å²) in [5.74, 6) is -0.139. The van der Waals surface area contributed by atoms with Crippen LogP contribution in [0.5, 0.6) is 5.75 Å². The second-order valence-corrected chi connectivity index (χ2v) is 4.07. The average molecular weight is 270 g/mol. The van der Waals surface area contributed by atoms with Crippen LogP contribution in [0.1, 0.15) is 24.0 Å². The molecule has 0 aliphatic heterocycles. The van der Waals surface area contributed by atoms with Crippen molar-refractivity contribution >= 4 is 15.9 Å². The number of nitriles is 1. The lowest BCUT2D eigenvalue weighted by Crippen LogP contribution is -2.01. The van der Waals surface area contributed by atoms with Crippen LogP contribution in [0.15, 0.2) is 12.1 Å². The lowest BCUT2D eigenvalue weighted by atomic mass is 10.1. The van der Waals surface area contributed by atoms with Gasteiger partial charge in [0.25, 0.3) is 0 Å². The molecular weight excluding hydrogens is 261 g/mol. The zero-order chi connectivity index (χ0) is 10.8. The largest absolute Gasteiger partial charge is 0.489 e. The van der Waals surface area contributed by atoms with E-state index in [2.05, 4.69) is 15.9 Å². The van der Waals surface area contributed by atoms with Gasteiger partial charge in [0, 0.05) is 5.33 Å². The van der Waals surface area contributed by atoms with E-state index >= 15 is 0 Å². The van der Waals surface area contributed by atoms with Crippen LogP contribution >= 0.6 is 15.9 Å². The minimum atomic E-state index is -0.509. The van der Waals surface area contributed by atoms with Crippen molar-refractivity contribution in [2.75, 3.05) is 0 Å². The Morgan fingerprint density at radius 2 is 2.27 bits per heavy atom. The fraction of sp³-hybridized carbons (Fsp3) is 0.364. The molecule has 0 unspecified atom stereocenters. The van der Waals surface area contributed by atoms with Crippen LogP contribution in [-0.2, 0) is 5.33 Å². The highest BCUT2D eigenvalue weighted by Gasteiger charge is 2.25. The minimum absolute atomic E-state index is 0.00611. The number of hydrogen-bond acceptors (Lipinski definition) is 2. The third-order valence-electron chi connectivity index (χ3n) is 2.20. The monoisotopic (exact) mass is 269 g/mol. The van der Waals surface area contributed by atoms with Gasteiger partial charge < -0.3 is 4.74 Å². The van der Waals surface area contributed by atoms with E-state index in [9.17, 15) is 4.39 Å². The number of hydrogen-bond donors (Lipinski definition) is 0. The topological polar surface area (TPSA) is 33.0 Å². The highest BCUT2D eigenvalue weighted by molar-refractivity contribution is 9.08. The van der Waals surface area contributed by atoms with Gasteiger partial charge in [-0.3, -0.25) is 0 Å². The molecule has 0 atom stereocenters. The maximum absolute atomic E-state index is 13.4. The first kappa shape index (κ1) is 10.4. The van der Waals surface area contributed by atoms with Crippen LogP contribution in [0.3, 0.4) is 0 Å². The summed E-state index contributed by atoms with van der Waals surface area (Å²) in [5, 5.41) is 9.37. The Bertz CT molecular complexity index is 423. The summed E-state index contributed by atoms with van der Waals surface area (Å²) in [4.78, 5) is 0. The van der Waals surface area contributed by atoms with E-state index in [-0.39, 0.29) is 11.7 Å². The Kier molecular flexibility index (Phi) is 2.92. The average Bonchev–Trinajstić information content (AvgIpc) is 3.01. The van der Waals surface area contributed by atoms with Gasteiger partial charge in [-0.25, -0.2) is 4.39 Å². The number of alkyl halides is 1. The standard InChI is InChI=1S/C11H9BrFNO/c12-5-7-3-10(13)9(6-14)11(4-7)15-8-1-2-8/h3-4,8H,1-2,5H2. The van der Waals surface area contributed by atoms with Gasteiger partial charge in [0.15, 0.2) is 0 Å². The van der Waals surface area contributed by atoms with Crippen LogP contribution in [0.25, 0.3) is 0 Å². The summed E-state index contributed by atoms with van der Waals surface area (Å²) < 4.78 is 18.9. The van der Waals surface area contributed by atoms with Crippen LogP contribution in [0, 0.1) is 17.1 Å². The number of benzene rings is 1. The smallest absolute Gasteiger partial charge is 0.145 e. The zero-order valence-corrected chi connectivity index (χ0v) is 9.55. The minimum Gasteiger partial charge on any atom is -0.489 e. The summed E-state index contributed by atoms with van der Waals surface area (Å²) in [6.07, 6.45) is 2.15. The Morgan fingerprint density at radius 3 is 2.80 bits per heavy atom. The molecule has 1 fully saturated rings. The van der Waals surface area contributed by atoms with E-state index < -0.39 is 5.82 Å². The van der Waals surface area contributed by atoms with Crippen molar-refractivity contribution in [2.24, 2.45) is 0 Å². The molecule has 1 aliphatic carbocycles. The molecule has 0 heterocycles. The molecule has 0 radical (unpaired) electrons. The van der Waals surface area contributed by atoms with E-state index in [1.807, 2.05) is 6.07 Å². The maximum atomic E-state index is 13.4. The van der Waals surface area contributed by atoms with E-state index in [1.54, 1.807) is 6.07 Å². The molecule has 0 bridgehead atoms. The predicted octanol–water partition coefficient (Wildman–Crippen LogP) is 3.13. The lowest BCUT2D eigenvalue weighted by molar-refractivity contribution is 0.300. The van der Waals surface area contributed by atoms with Gasteiger partial charge in [-0.05, 0) is 30.5 Å². The van der Waals surface area contributed by atoms with Crippen LogP contribution in [0.4, 0.5) is 4.39 Å². The first-order chi connectivity index (χ1) is 7.24. The SMILES string of the molecule is N#Cc1c(F)cc(CBr)cc1OC1CC1. The molecule has 2 rings (SSSR count). The molecule has 0 N–H and O–H groups in total. The van der Waals surface area contributed by atoms with Gasteiger partial charge in [0.1, 0.15) is 23.2 Å². The summed E-state index contributed by atoms with van der Waals surface area (Å²) in [5.41, 5.74) is 0.786. The molecule has 1 aliphatic rings. The highest BCUT2D eigenvalue weighted by Crippen LogP contribution is 2.31. The molecule has 15 heavy (non-hydrogen) atoms. The second kappa shape index (κ2) is 4.19. The van der Waals surface area contributed by atoms with Gasteiger partial charge in [-0.2, -0.15) is 5.26 Å². The van der Waals surface area contributed by atoms with Crippen molar-refractivity contribution in [1.82, 2.24) is 0 Å². The normalized spacial score (nSPS) is 14.7. The summed E-state index contributed by atoms with van der Waals surface area (Å²) >= 11 is 3.25. The molecule has 0 spiro atoms. The molecule has 1 aromatic rings. The van der Waals surface area contributed by atoms with E-state index in [1.165, 1.54) is 6.07 Å². The molecule has 78 valence electrons. The third-order valence-corrected chi connectivity index (χ3v) is 2.85. The van der Waals surface area contributed by atoms with Crippen molar-refractivity contribution in [3.05, 3.63) is 29.1 Å². The quantitative estimate of drug-likeness (QED) is 0.790. The Hall–Kier alpha value is -1.08. The Balaban J connectivity index is 2.38. The lowest BCUT2D eigenvalue weighted by Gasteiger charge is -2.08. The Morgan fingerprint density at radius 1 is 1.53 bits per heavy atom. The molecule has 1 saturated carbocycles. The van der Waals surface area contributed by atoms with Gasteiger partial charge in [-0.15, -0.1) is 0 Å². The molecule has 4 heteroatoms. The van der Waals surface area contributed by atoms with Gasteiger partial charge in [0.05, 0.1) is 6.10 Å². The molecule has 2 nitrogen and oxygen atoms in total. The van der Waals surface area contributed by atoms with Crippen molar-refractivity contribution in [3.63, 3.8) is 0 Å². The van der Waals surface area contributed by atoms with E-state index in [0.717, 1.165) is 18.4 Å². The maximum Gasteiger partial charge on any atom is 0.145 e. The first-order valence-electron chi connectivity index (χ1n) is 4.69. The van der Waals surface area contributed by atoms with Crippen LogP contribution < -0.4 is 4.74 Å². The van der Waals surface area contributed by atoms with Crippen molar-refractivity contribution in [2.45, 2.75) is 24.3 Å². The number of ether oxygens (including phenoxy) is 1. The number of rotatable bonds is 3. The zero-order valence-electron chi connectivity index (χ0n) is 7.96. The summed E-state index contributed by atoms with van der Waals surface area (Å²) in [6.45, 7) is 0. The Labute approximate surface area is 95.8 Å². The molecule has 0 aromatic heterocycles. The fourth-order valence-electron chi connectivity index (χ4n) is 1.28. The van der Waals surface area contributed by atoms with Crippen LogP contribution in [0.2, 0.25) is 0 Å². The van der Waals surface area contributed by atoms with Crippen molar-refractivity contribution < 1.29 is 9.13 Å². The van der Waals surface area contributed by atoms with Gasteiger partial charge in [0.2, 0.25) is 0 Å². The number of halogens is 2. The molecule has 1 aromatic carbocycles. The molecular formula is C11H9BrFNO. The summed E-state index contributed by atoms with van der Waals surface area (Å²) in [7, 11) is 0. The number of nitrogens with zero attached hydrogens (tertiary/aromatic N) is 1. The third kappa shape index (κ3) is 2.29. The van der Waals surface area contributed by atoms with Crippen molar-refractivity contribution in [1.29, 1.82) is 5.26 Å². The predicted molar refractivity (Wildman–Crippen MR) is 57.4 cm³/mol. The van der Waals surface area contributed by atoms with Gasteiger partial charge >= 0.3 is 0 Å². The van der Waals surface area contributed by atoms with E-state index in [4.69, 9.17) is 10.00 Å². The summed E-state index contributed by atoms with van der Waals surface area (Å²) in [6, 6.07) is 4.90. The fourth-order valence-corrected chi connectivity index (χ4v) is 1.60. The second-order valence-electron chi connectivity index (χ2n) is 3.51. The van der Waals surface area contributed by atoms with Crippen LogP contribution in [-0.4, -0.2) is 6.10 Å². The first-order valence-corrected chi connectivity index (χ1v) is 5.82. The highest BCUT2D eigenvalue weighted by atomic mass is 79.9. The van der Waals surface area contributed by atoms with Gasteiger partial charge in [-0.1, -0.05) is 15.9 Å². The van der Waals surface area contributed by atoms with Crippen molar-refractivity contribution in [3.8, 4) is 11.8 Å². The van der Waals surface area contributed by atoms with E-state index in [0.29, 0.717) is 11.1 Å².